The van der Waals surface area contributed by atoms with Gasteiger partial charge in [-0.3, -0.25) is 9.36 Å². The van der Waals surface area contributed by atoms with E-state index in [4.69, 9.17) is 0 Å². The smallest absolute Gasteiger partial charge is 0.226 e. The first-order valence-electron chi connectivity index (χ1n) is 7.54. The number of nitrogens with one attached hydrogen (secondary N) is 1. The zero-order valence-corrected chi connectivity index (χ0v) is 14.2. The molecule has 0 fully saturated rings. The molecule has 0 saturated carbocycles. The van der Waals surface area contributed by atoms with Crippen LogP contribution in [0.25, 0.3) is 5.69 Å². The number of benzene rings is 2. The fourth-order valence-corrected chi connectivity index (χ4v) is 3.25. The van der Waals surface area contributed by atoms with Crippen molar-refractivity contribution in [2.45, 2.75) is 12.3 Å². The first-order chi connectivity index (χ1) is 11.6. The van der Waals surface area contributed by atoms with Crippen LogP contribution in [0.3, 0.4) is 0 Å². The summed E-state index contributed by atoms with van der Waals surface area (Å²) in [5, 5.41) is 12.4. The number of carbonyl (C=O) groups excluding carboxylic acids is 1. The third kappa shape index (κ3) is 2.59. The number of nitrogens with zero attached hydrogens (tertiary/aromatic N) is 2. The molecule has 0 radical (unpaired) electrons. The third-order valence-electron chi connectivity index (χ3n) is 4.17. The van der Waals surface area contributed by atoms with E-state index in [9.17, 15) is 9.90 Å². The first-order valence-corrected chi connectivity index (χ1v) is 8.33. The van der Waals surface area contributed by atoms with Crippen LogP contribution in [0.4, 0.5) is 5.82 Å². The predicted octanol–water partition coefficient (Wildman–Crippen LogP) is 3.81. The van der Waals surface area contributed by atoms with Crippen LogP contribution >= 0.6 is 15.9 Å². The molecule has 1 aliphatic heterocycles. The maximum Gasteiger partial charge on any atom is 0.226 e. The summed E-state index contributed by atoms with van der Waals surface area (Å²) in [4.78, 5) is 16.7. The first kappa shape index (κ1) is 15.0. The second-order valence-corrected chi connectivity index (χ2v) is 6.64. The van der Waals surface area contributed by atoms with Gasteiger partial charge in [-0.05, 0) is 42.0 Å². The van der Waals surface area contributed by atoms with E-state index in [0.717, 1.165) is 21.4 Å². The van der Waals surface area contributed by atoms with Crippen molar-refractivity contribution in [1.82, 2.24) is 9.55 Å². The quantitative estimate of drug-likeness (QED) is 0.706. The van der Waals surface area contributed by atoms with Crippen LogP contribution in [0.2, 0.25) is 0 Å². The number of fused-ring (bicyclic) bond motifs is 1. The highest BCUT2D eigenvalue weighted by atomic mass is 79.9. The lowest BCUT2D eigenvalue weighted by Crippen LogP contribution is -2.24. The van der Waals surface area contributed by atoms with Gasteiger partial charge in [0.2, 0.25) is 5.91 Å². The molecule has 0 aliphatic carbocycles. The summed E-state index contributed by atoms with van der Waals surface area (Å²) in [7, 11) is 0. The lowest BCUT2D eigenvalue weighted by Gasteiger charge is -2.23. The highest BCUT2D eigenvalue weighted by molar-refractivity contribution is 9.10. The summed E-state index contributed by atoms with van der Waals surface area (Å²) >= 11 is 3.42. The molecule has 1 atom stereocenters. The molecule has 3 aromatic rings. The highest BCUT2D eigenvalue weighted by Crippen LogP contribution is 2.37. The SMILES string of the molecule is O=C1C[C@H](c2ccc(O)cc2)c2ncn(-c3ccc(Br)cc3)c2N1. The van der Waals surface area contributed by atoms with Crippen molar-refractivity contribution in [3.05, 3.63) is 70.6 Å². The maximum absolute atomic E-state index is 12.2. The standard InChI is InChI=1S/C18H14BrN3O2/c19-12-3-5-13(6-4-12)22-10-20-17-15(9-16(24)21-18(17)22)11-1-7-14(23)8-2-11/h1-8,10,15,23H,9H2,(H,21,24)/t15-/m1/s1. The zero-order valence-electron chi connectivity index (χ0n) is 12.6. The molecule has 0 saturated heterocycles. The van der Waals surface area contributed by atoms with Crippen molar-refractivity contribution in [3.63, 3.8) is 0 Å². The van der Waals surface area contributed by atoms with Gasteiger partial charge in [-0.25, -0.2) is 4.98 Å². The number of phenols is 1. The molecule has 5 nitrogen and oxygen atoms in total. The van der Waals surface area contributed by atoms with E-state index in [1.54, 1.807) is 18.5 Å². The van der Waals surface area contributed by atoms with E-state index in [0.29, 0.717) is 12.2 Å². The van der Waals surface area contributed by atoms with Crippen molar-refractivity contribution < 1.29 is 9.90 Å². The molecule has 6 heteroatoms. The molecule has 2 heterocycles. The Hall–Kier alpha value is -2.60. The highest BCUT2D eigenvalue weighted by Gasteiger charge is 2.30. The maximum atomic E-state index is 12.2. The molecule has 0 spiro atoms. The molecule has 2 N–H and O–H groups in total. The number of carbonyl (C=O) groups is 1. The topological polar surface area (TPSA) is 67.1 Å². The molecular weight excluding hydrogens is 370 g/mol. The van der Waals surface area contributed by atoms with Crippen LogP contribution in [-0.4, -0.2) is 20.6 Å². The number of rotatable bonds is 2. The van der Waals surface area contributed by atoms with Crippen LogP contribution < -0.4 is 5.32 Å². The van der Waals surface area contributed by atoms with Gasteiger partial charge in [0.15, 0.2) is 0 Å². The van der Waals surface area contributed by atoms with Crippen molar-refractivity contribution in [2.75, 3.05) is 5.32 Å². The van der Waals surface area contributed by atoms with E-state index in [-0.39, 0.29) is 17.6 Å². The summed E-state index contributed by atoms with van der Waals surface area (Å²) in [6.07, 6.45) is 2.07. The summed E-state index contributed by atoms with van der Waals surface area (Å²) in [6, 6.07) is 14.8. The van der Waals surface area contributed by atoms with Gasteiger partial charge in [0.25, 0.3) is 0 Å². The second kappa shape index (κ2) is 5.79. The zero-order chi connectivity index (χ0) is 16.7. The molecule has 4 rings (SSSR count). The minimum atomic E-state index is -0.119. The average Bonchev–Trinajstić information content (AvgIpc) is 2.99. The van der Waals surface area contributed by atoms with E-state index in [2.05, 4.69) is 26.2 Å². The van der Waals surface area contributed by atoms with Gasteiger partial charge >= 0.3 is 0 Å². The molecular formula is C18H14BrN3O2. The Kier molecular flexibility index (Phi) is 3.61. The van der Waals surface area contributed by atoms with E-state index >= 15 is 0 Å². The van der Waals surface area contributed by atoms with Gasteiger partial charge in [-0.2, -0.15) is 0 Å². The van der Waals surface area contributed by atoms with Gasteiger partial charge in [-0.1, -0.05) is 28.1 Å². The summed E-state index contributed by atoms with van der Waals surface area (Å²) in [5.41, 5.74) is 2.73. The molecule has 24 heavy (non-hydrogen) atoms. The van der Waals surface area contributed by atoms with Gasteiger partial charge < -0.3 is 10.4 Å². The van der Waals surface area contributed by atoms with Gasteiger partial charge in [0.1, 0.15) is 17.9 Å². The van der Waals surface area contributed by atoms with E-state index in [1.807, 2.05) is 41.0 Å². The Morgan fingerprint density at radius 2 is 1.83 bits per heavy atom. The predicted molar refractivity (Wildman–Crippen MR) is 94.5 cm³/mol. The minimum Gasteiger partial charge on any atom is -0.508 e. The van der Waals surface area contributed by atoms with Crippen molar-refractivity contribution in [2.24, 2.45) is 0 Å². The molecule has 120 valence electrons. The number of amides is 1. The molecule has 1 aromatic heterocycles. The van der Waals surface area contributed by atoms with Gasteiger partial charge in [0.05, 0.1) is 5.69 Å². The molecule has 0 unspecified atom stereocenters. The lowest BCUT2D eigenvalue weighted by molar-refractivity contribution is -0.116. The third-order valence-corrected chi connectivity index (χ3v) is 4.70. The molecule has 2 aromatic carbocycles. The van der Waals surface area contributed by atoms with Crippen LogP contribution in [0.1, 0.15) is 23.6 Å². The summed E-state index contributed by atoms with van der Waals surface area (Å²) < 4.78 is 2.87. The number of halogens is 1. The number of imidazole rings is 1. The fourth-order valence-electron chi connectivity index (χ4n) is 2.99. The second-order valence-electron chi connectivity index (χ2n) is 5.72. The van der Waals surface area contributed by atoms with Crippen molar-refractivity contribution in [3.8, 4) is 11.4 Å². The van der Waals surface area contributed by atoms with E-state index in [1.165, 1.54) is 0 Å². The van der Waals surface area contributed by atoms with Crippen molar-refractivity contribution >= 4 is 27.7 Å². The Morgan fingerprint density at radius 1 is 1.12 bits per heavy atom. The number of aromatic hydroxyl groups is 1. The largest absolute Gasteiger partial charge is 0.508 e. The Balaban J connectivity index is 1.80. The van der Waals surface area contributed by atoms with Crippen LogP contribution in [0.5, 0.6) is 5.75 Å². The summed E-state index contributed by atoms with van der Waals surface area (Å²) in [5.74, 6) is 0.747. The number of hydrogen-bond donors (Lipinski definition) is 2. The molecule has 1 aliphatic rings. The van der Waals surface area contributed by atoms with E-state index < -0.39 is 0 Å². The monoisotopic (exact) mass is 383 g/mol. The normalized spacial score (nSPS) is 16.5. The van der Waals surface area contributed by atoms with Crippen LogP contribution in [0, 0.1) is 0 Å². The lowest BCUT2D eigenvalue weighted by atomic mass is 9.90. The number of phenolic OH excluding ortho intramolecular Hbond substituents is 1. The fraction of sp³-hybridized carbons (Fsp3) is 0.111. The van der Waals surface area contributed by atoms with Gasteiger partial charge in [-0.15, -0.1) is 0 Å². The Bertz CT molecular complexity index is 901. The van der Waals surface area contributed by atoms with Crippen LogP contribution in [0.15, 0.2) is 59.3 Å². The minimum absolute atomic E-state index is 0.0422. The molecule has 0 bridgehead atoms. The summed E-state index contributed by atoms with van der Waals surface area (Å²) in [6.45, 7) is 0. The Morgan fingerprint density at radius 3 is 2.54 bits per heavy atom. The average molecular weight is 384 g/mol. The molecule has 1 amide bonds. The van der Waals surface area contributed by atoms with Crippen molar-refractivity contribution in [1.29, 1.82) is 0 Å². The number of anilines is 1. The van der Waals surface area contributed by atoms with Gasteiger partial charge in [0, 0.05) is 22.5 Å². The van der Waals surface area contributed by atoms with Crippen LogP contribution in [-0.2, 0) is 4.79 Å². The number of hydrogen-bond acceptors (Lipinski definition) is 3. The number of aromatic nitrogens is 2. The Labute approximate surface area is 147 Å².